The van der Waals surface area contributed by atoms with E-state index in [0.717, 1.165) is 18.4 Å². The van der Waals surface area contributed by atoms with Crippen molar-refractivity contribution in [3.8, 4) is 0 Å². The number of carbonyl (C=O) groups excluding carboxylic acids is 1. The number of carbonyl (C=O) groups is 1. The zero-order valence-corrected chi connectivity index (χ0v) is 10.8. The Morgan fingerprint density at radius 2 is 2.06 bits per heavy atom. The highest BCUT2D eigenvalue weighted by atomic mass is 16.5. The quantitative estimate of drug-likeness (QED) is 0.733. The van der Waals surface area contributed by atoms with Gasteiger partial charge in [-0.25, -0.2) is 0 Å². The summed E-state index contributed by atoms with van der Waals surface area (Å²) in [6, 6.07) is 0. The molecule has 0 spiro atoms. The van der Waals surface area contributed by atoms with Crippen molar-refractivity contribution in [2.45, 2.75) is 52.6 Å². The predicted molar refractivity (Wildman–Crippen MR) is 65.2 cm³/mol. The lowest BCUT2D eigenvalue weighted by Gasteiger charge is -2.28. The van der Waals surface area contributed by atoms with Crippen molar-refractivity contribution in [1.29, 1.82) is 0 Å². The fraction of sp³-hybridized carbons (Fsp3) is 0.923. The van der Waals surface area contributed by atoms with Crippen molar-refractivity contribution in [3.63, 3.8) is 0 Å². The summed E-state index contributed by atoms with van der Waals surface area (Å²) in [6.45, 7) is 7.37. The molecule has 0 aromatic rings. The van der Waals surface area contributed by atoms with Gasteiger partial charge in [0.05, 0.1) is 12.6 Å². The molecular formula is C13H25NO2. The first-order valence-corrected chi connectivity index (χ1v) is 6.49. The second kappa shape index (κ2) is 6.89. The third kappa shape index (κ3) is 4.97. The molecule has 1 fully saturated rings. The molecule has 16 heavy (non-hydrogen) atoms. The van der Waals surface area contributed by atoms with Gasteiger partial charge in [0.15, 0.2) is 0 Å². The Hall–Kier alpha value is -0.570. The molecule has 0 saturated heterocycles. The average Bonchev–Trinajstić information content (AvgIpc) is 2.19. The van der Waals surface area contributed by atoms with Gasteiger partial charge in [-0.2, -0.15) is 0 Å². The number of ether oxygens (including phenoxy) is 1. The van der Waals surface area contributed by atoms with E-state index in [0.29, 0.717) is 6.54 Å². The molecule has 0 aliphatic heterocycles. The maximum atomic E-state index is 11.3. The van der Waals surface area contributed by atoms with E-state index >= 15 is 0 Å². The summed E-state index contributed by atoms with van der Waals surface area (Å²) >= 11 is 0. The number of esters is 1. The van der Waals surface area contributed by atoms with Crippen LogP contribution in [-0.4, -0.2) is 25.2 Å². The van der Waals surface area contributed by atoms with Crippen LogP contribution >= 0.6 is 0 Å². The lowest BCUT2D eigenvalue weighted by molar-refractivity contribution is -0.146. The Balaban J connectivity index is 2.12. The maximum absolute atomic E-state index is 11.3. The summed E-state index contributed by atoms with van der Waals surface area (Å²) in [6.07, 6.45) is 5.33. The Kier molecular flexibility index (Phi) is 5.81. The monoisotopic (exact) mass is 227 g/mol. The fourth-order valence-corrected chi connectivity index (χ4v) is 2.36. The normalized spacial score (nSPS) is 25.8. The third-order valence-electron chi connectivity index (χ3n) is 3.33. The van der Waals surface area contributed by atoms with Gasteiger partial charge in [0.2, 0.25) is 0 Å². The zero-order valence-electron chi connectivity index (χ0n) is 10.8. The van der Waals surface area contributed by atoms with Crippen LogP contribution in [0.3, 0.4) is 0 Å². The van der Waals surface area contributed by atoms with E-state index in [2.05, 4.69) is 12.2 Å². The molecule has 94 valence electrons. The van der Waals surface area contributed by atoms with Gasteiger partial charge in [-0.3, -0.25) is 4.79 Å². The zero-order chi connectivity index (χ0) is 12.0. The number of rotatable bonds is 5. The Morgan fingerprint density at radius 3 is 2.69 bits per heavy atom. The second-order valence-corrected chi connectivity index (χ2v) is 5.19. The molecule has 2 atom stereocenters. The lowest BCUT2D eigenvalue weighted by Crippen LogP contribution is -2.33. The summed E-state index contributed by atoms with van der Waals surface area (Å²) in [5.74, 6) is 1.39. The Labute approximate surface area is 98.9 Å². The minimum Gasteiger partial charge on any atom is -0.462 e. The maximum Gasteiger partial charge on any atom is 0.320 e. The van der Waals surface area contributed by atoms with Crippen molar-refractivity contribution in [3.05, 3.63) is 0 Å². The molecule has 1 aliphatic rings. The van der Waals surface area contributed by atoms with Crippen molar-refractivity contribution >= 4 is 5.97 Å². The van der Waals surface area contributed by atoms with Crippen LogP contribution in [0.5, 0.6) is 0 Å². The first kappa shape index (κ1) is 13.5. The van der Waals surface area contributed by atoms with Gasteiger partial charge in [-0.1, -0.05) is 26.2 Å². The molecule has 1 aliphatic carbocycles. The van der Waals surface area contributed by atoms with Crippen LogP contribution < -0.4 is 5.32 Å². The standard InChI is InChI=1S/C13H25NO2/c1-10(2)16-13(15)9-14-8-12-7-5-4-6-11(12)3/h10-12,14H,4-9H2,1-3H3. The summed E-state index contributed by atoms with van der Waals surface area (Å²) in [4.78, 5) is 11.3. The van der Waals surface area contributed by atoms with E-state index in [4.69, 9.17) is 4.74 Å². The van der Waals surface area contributed by atoms with Gasteiger partial charge in [-0.05, 0) is 38.6 Å². The van der Waals surface area contributed by atoms with Crippen LogP contribution in [0.25, 0.3) is 0 Å². The SMILES string of the molecule is CC(C)OC(=O)CNCC1CCCCC1C. The summed E-state index contributed by atoms with van der Waals surface area (Å²) < 4.78 is 5.07. The summed E-state index contributed by atoms with van der Waals surface area (Å²) in [7, 11) is 0. The van der Waals surface area contributed by atoms with Gasteiger partial charge in [-0.15, -0.1) is 0 Å². The second-order valence-electron chi connectivity index (χ2n) is 5.19. The van der Waals surface area contributed by atoms with E-state index in [9.17, 15) is 4.79 Å². The smallest absolute Gasteiger partial charge is 0.320 e. The first-order chi connectivity index (χ1) is 7.59. The highest BCUT2D eigenvalue weighted by Gasteiger charge is 2.20. The van der Waals surface area contributed by atoms with E-state index in [-0.39, 0.29) is 12.1 Å². The molecule has 0 bridgehead atoms. The minimum absolute atomic E-state index is 0.0112. The molecule has 0 heterocycles. The molecule has 1 N–H and O–H groups in total. The molecule has 3 nitrogen and oxygen atoms in total. The van der Waals surface area contributed by atoms with Gasteiger partial charge in [0.25, 0.3) is 0 Å². The van der Waals surface area contributed by atoms with E-state index < -0.39 is 0 Å². The molecule has 1 rings (SSSR count). The van der Waals surface area contributed by atoms with Crippen molar-refractivity contribution in [1.82, 2.24) is 5.32 Å². The molecule has 1 saturated carbocycles. The van der Waals surface area contributed by atoms with Gasteiger partial charge >= 0.3 is 5.97 Å². The molecular weight excluding hydrogens is 202 g/mol. The minimum atomic E-state index is -0.140. The van der Waals surface area contributed by atoms with Gasteiger partial charge < -0.3 is 10.1 Å². The predicted octanol–water partition coefficient (Wildman–Crippen LogP) is 2.35. The van der Waals surface area contributed by atoms with E-state index in [1.54, 1.807) is 0 Å². The molecule has 0 aromatic heterocycles. The Bertz CT molecular complexity index is 216. The average molecular weight is 227 g/mol. The Morgan fingerprint density at radius 1 is 1.38 bits per heavy atom. The van der Waals surface area contributed by atoms with Crippen molar-refractivity contribution in [2.24, 2.45) is 11.8 Å². The van der Waals surface area contributed by atoms with Crippen LogP contribution in [-0.2, 0) is 9.53 Å². The highest BCUT2D eigenvalue weighted by Crippen LogP contribution is 2.28. The summed E-state index contributed by atoms with van der Waals surface area (Å²) in [5, 5.41) is 3.22. The highest BCUT2D eigenvalue weighted by molar-refractivity contribution is 5.71. The van der Waals surface area contributed by atoms with E-state index in [1.807, 2.05) is 13.8 Å². The van der Waals surface area contributed by atoms with Gasteiger partial charge in [0, 0.05) is 0 Å². The fourth-order valence-electron chi connectivity index (χ4n) is 2.36. The van der Waals surface area contributed by atoms with E-state index in [1.165, 1.54) is 25.7 Å². The van der Waals surface area contributed by atoms with Crippen LogP contribution in [0.1, 0.15) is 46.5 Å². The third-order valence-corrected chi connectivity index (χ3v) is 3.33. The van der Waals surface area contributed by atoms with Crippen LogP contribution in [0, 0.1) is 11.8 Å². The molecule has 3 heteroatoms. The number of hydrogen-bond acceptors (Lipinski definition) is 3. The molecule has 0 radical (unpaired) electrons. The van der Waals surface area contributed by atoms with Crippen LogP contribution in [0.4, 0.5) is 0 Å². The molecule has 0 aromatic carbocycles. The lowest BCUT2D eigenvalue weighted by atomic mass is 9.80. The number of nitrogens with one attached hydrogen (secondary N) is 1. The van der Waals surface area contributed by atoms with Gasteiger partial charge in [0.1, 0.15) is 0 Å². The molecule has 0 amide bonds. The van der Waals surface area contributed by atoms with Crippen LogP contribution in [0.2, 0.25) is 0 Å². The number of hydrogen-bond donors (Lipinski definition) is 1. The van der Waals surface area contributed by atoms with Crippen molar-refractivity contribution < 1.29 is 9.53 Å². The first-order valence-electron chi connectivity index (χ1n) is 6.49. The topological polar surface area (TPSA) is 38.3 Å². The summed E-state index contributed by atoms with van der Waals surface area (Å²) in [5.41, 5.74) is 0. The van der Waals surface area contributed by atoms with Crippen LogP contribution in [0.15, 0.2) is 0 Å². The van der Waals surface area contributed by atoms with Crippen molar-refractivity contribution in [2.75, 3.05) is 13.1 Å². The molecule has 2 unspecified atom stereocenters. The largest absolute Gasteiger partial charge is 0.462 e.